The predicted molar refractivity (Wildman–Crippen MR) is 47.5 cm³/mol. The van der Waals surface area contributed by atoms with Crippen LogP contribution < -0.4 is 5.57 Å². The Kier molecular flexibility index (Phi) is 1.91. The molecule has 1 heterocycles. The molecule has 0 amide bonds. The van der Waals surface area contributed by atoms with Crippen LogP contribution in [-0.4, -0.2) is 9.97 Å². The van der Waals surface area contributed by atoms with Gasteiger partial charge in [0.25, 0.3) is 5.57 Å². The number of fused-ring (bicyclic) bond motifs is 1. The van der Waals surface area contributed by atoms with Crippen LogP contribution >= 0.6 is 7.68 Å². The van der Waals surface area contributed by atoms with Crippen molar-refractivity contribution in [1.29, 1.82) is 0 Å². The highest BCUT2D eigenvalue weighted by atomic mass is 31.1. The molecule has 5 heteroatoms. The maximum absolute atomic E-state index is 10.6. The van der Waals surface area contributed by atoms with Crippen molar-refractivity contribution >= 4 is 24.1 Å². The number of benzene rings is 1. The van der Waals surface area contributed by atoms with E-state index >= 15 is 0 Å². The number of rotatable bonds is 1. The Hall–Kier alpha value is -1.54. The summed E-state index contributed by atoms with van der Waals surface area (Å²) in [5.41, 5.74) is 0.514. The number of aromatic nitrogens is 2. The van der Waals surface area contributed by atoms with Crippen LogP contribution in [0.15, 0.2) is 30.5 Å². The monoisotopic (exact) mass is 192 g/mol. The van der Waals surface area contributed by atoms with Gasteiger partial charge in [-0.05, 0) is 6.07 Å². The van der Waals surface area contributed by atoms with E-state index in [1.807, 2.05) is 12.1 Å². The molecule has 0 saturated heterocycles. The molecular weight excluding hydrogens is 187 g/mol. The van der Waals surface area contributed by atoms with E-state index in [1.165, 1.54) is 6.20 Å². The minimum absolute atomic E-state index is 0.131. The van der Waals surface area contributed by atoms with E-state index in [2.05, 4.69) is 9.97 Å². The lowest BCUT2D eigenvalue weighted by Gasteiger charge is -1.93. The SMILES string of the molecule is O=P(=O)c1ncc2ccccc2n1. The molecule has 0 fully saturated rings. The summed E-state index contributed by atoms with van der Waals surface area (Å²) < 4.78 is 21.1. The summed E-state index contributed by atoms with van der Waals surface area (Å²) in [5.74, 6) is 0. The zero-order valence-corrected chi connectivity index (χ0v) is 7.44. The third kappa shape index (κ3) is 1.48. The Bertz CT molecular complexity index is 514. The van der Waals surface area contributed by atoms with Gasteiger partial charge in [0.15, 0.2) is 0 Å². The van der Waals surface area contributed by atoms with E-state index in [-0.39, 0.29) is 5.57 Å². The molecule has 0 N–H and O–H groups in total. The lowest BCUT2D eigenvalue weighted by Crippen LogP contribution is -2.04. The standard InChI is InChI=1S/C8H5N2O2P/c11-13(12)8-9-5-6-3-1-2-4-7(6)10-8/h1-5H. The normalized spacial score (nSPS) is 10.2. The molecule has 64 valence electrons. The van der Waals surface area contributed by atoms with Crippen molar-refractivity contribution in [3.63, 3.8) is 0 Å². The Labute approximate surface area is 74.5 Å². The second-order valence-electron chi connectivity index (χ2n) is 2.49. The quantitative estimate of drug-likeness (QED) is 0.641. The van der Waals surface area contributed by atoms with Crippen LogP contribution in [0.3, 0.4) is 0 Å². The maximum atomic E-state index is 10.6. The largest absolute Gasteiger partial charge is 0.387 e. The molecule has 0 atom stereocenters. The van der Waals surface area contributed by atoms with Gasteiger partial charge in [-0.2, -0.15) is 0 Å². The first-order valence-electron chi connectivity index (χ1n) is 3.63. The van der Waals surface area contributed by atoms with Gasteiger partial charge in [-0.15, -0.1) is 0 Å². The molecule has 1 aromatic heterocycles. The molecule has 1 aromatic carbocycles. The maximum Gasteiger partial charge on any atom is 0.387 e. The molecule has 2 aromatic rings. The van der Waals surface area contributed by atoms with Gasteiger partial charge in [-0.1, -0.05) is 18.2 Å². The lowest BCUT2D eigenvalue weighted by molar-refractivity contribution is 0.521. The van der Waals surface area contributed by atoms with Crippen LogP contribution in [0.2, 0.25) is 0 Å². The summed E-state index contributed by atoms with van der Waals surface area (Å²) in [7, 11) is -2.69. The molecule has 13 heavy (non-hydrogen) atoms. The summed E-state index contributed by atoms with van der Waals surface area (Å²) in [4.78, 5) is 7.57. The van der Waals surface area contributed by atoms with Crippen LogP contribution in [0.1, 0.15) is 0 Å². The van der Waals surface area contributed by atoms with E-state index in [9.17, 15) is 9.13 Å². The van der Waals surface area contributed by atoms with Crippen LogP contribution in [0.25, 0.3) is 10.9 Å². The third-order valence-electron chi connectivity index (χ3n) is 1.64. The van der Waals surface area contributed by atoms with Gasteiger partial charge in [0.2, 0.25) is 0 Å². The highest BCUT2D eigenvalue weighted by molar-refractivity contribution is 7.39. The van der Waals surface area contributed by atoms with E-state index in [0.29, 0.717) is 5.52 Å². The van der Waals surface area contributed by atoms with Crippen molar-refractivity contribution in [2.75, 3.05) is 0 Å². The van der Waals surface area contributed by atoms with Crippen molar-refractivity contribution in [3.05, 3.63) is 30.5 Å². The fourth-order valence-electron chi connectivity index (χ4n) is 1.05. The Morgan fingerprint density at radius 1 is 1.15 bits per heavy atom. The van der Waals surface area contributed by atoms with Crippen LogP contribution in [0.4, 0.5) is 0 Å². The summed E-state index contributed by atoms with van der Waals surface area (Å²) in [5, 5.41) is 0.836. The third-order valence-corrected chi connectivity index (χ3v) is 2.18. The molecule has 0 aliphatic carbocycles. The highest BCUT2D eigenvalue weighted by Gasteiger charge is 2.02. The van der Waals surface area contributed by atoms with Gasteiger partial charge in [0.05, 0.1) is 5.52 Å². The zero-order chi connectivity index (χ0) is 9.26. The first kappa shape index (κ1) is 8.08. The van der Waals surface area contributed by atoms with Gasteiger partial charge in [0.1, 0.15) is 0 Å². The topological polar surface area (TPSA) is 59.9 Å². The van der Waals surface area contributed by atoms with E-state index in [1.54, 1.807) is 12.1 Å². The fourth-order valence-corrected chi connectivity index (χ4v) is 1.39. The number of nitrogens with zero attached hydrogens (tertiary/aromatic N) is 2. The van der Waals surface area contributed by atoms with Crippen LogP contribution in [0, 0.1) is 0 Å². The fraction of sp³-hybridized carbons (Fsp3) is 0. The minimum atomic E-state index is -2.69. The van der Waals surface area contributed by atoms with Crippen molar-refractivity contribution in [3.8, 4) is 0 Å². The summed E-state index contributed by atoms with van der Waals surface area (Å²) >= 11 is 0. The minimum Gasteiger partial charge on any atom is -0.228 e. The molecular formula is C8H5N2O2P. The first-order chi connectivity index (χ1) is 6.27. The van der Waals surface area contributed by atoms with Crippen molar-refractivity contribution in [2.24, 2.45) is 0 Å². The number of hydrogen-bond acceptors (Lipinski definition) is 4. The number of hydrogen-bond donors (Lipinski definition) is 0. The average Bonchev–Trinajstić information content (AvgIpc) is 2.17. The Morgan fingerprint density at radius 2 is 1.92 bits per heavy atom. The molecule has 0 bridgehead atoms. The molecule has 2 rings (SSSR count). The van der Waals surface area contributed by atoms with Crippen molar-refractivity contribution in [1.82, 2.24) is 9.97 Å². The Morgan fingerprint density at radius 3 is 2.69 bits per heavy atom. The molecule has 0 aliphatic rings. The lowest BCUT2D eigenvalue weighted by atomic mass is 10.2. The summed E-state index contributed by atoms with van der Waals surface area (Å²) in [6.07, 6.45) is 1.50. The van der Waals surface area contributed by atoms with E-state index in [4.69, 9.17) is 0 Å². The van der Waals surface area contributed by atoms with Crippen molar-refractivity contribution < 1.29 is 9.13 Å². The average molecular weight is 192 g/mol. The van der Waals surface area contributed by atoms with E-state index < -0.39 is 7.68 Å². The molecule has 0 aliphatic heterocycles. The summed E-state index contributed by atoms with van der Waals surface area (Å²) in [6.45, 7) is 0. The summed E-state index contributed by atoms with van der Waals surface area (Å²) in [6, 6.07) is 7.23. The smallest absolute Gasteiger partial charge is 0.228 e. The van der Waals surface area contributed by atoms with E-state index in [0.717, 1.165) is 5.39 Å². The molecule has 0 radical (unpaired) electrons. The first-order valence-corrected chi connectivity index (χ1v) is 4.81. The second-order valence-corrected chi connectivity index (χ2v) is 3.40. The van der Waals surface area contributed by atoms with Gasteiger partial charge >= 0.3 is 7.68 Å². The van der Waals surface area contributed by atoms with Crippen molar-refractivity contribution in [2.45, 2.75) is 0 Å². The number of para-hydroxylation sites is 1. The van der Waals surface area contributed by atoms with Gasteiger partial charge < -0.3 is 0 Å². The predicted octanol–water partition coefficient (Wildman–Crippen LogP) is 1.43. The van der Waals surface area contributed by atoms with Gasteiger partial charge in [0, 0.05) is 11.6 Å². The molecule has 4 nitrogen and oxygen atoms in total. The van der Waals surface area contributed by atoms with Gasteiger partial charge in [-0.25, -0.2) is 19.1 Å². The zero-order valence-electron chi connectivity index (χ0n) is 6.54. The molecule has 0 unspecified atom stereocenters. The molecule has 0 saturated carbocycles. The van der Waals surface area contributed by atoms with Crippen LogP contribution in [0.5, 0.6) is 0 Å². The van der Waals surface area contributed by atoms with Crippen LogP contribution in [-0.2, 0) is 9.13 Å². The Balaban J connectivity index is 2.76. The highest BCUT2D eigenvalue weighted by Crippen LogP contribution is 2.09. The van der Waals surface area contributed by atoms with Gasteiger partial charge in [-0.3, -0.25) is 0 Å². The second kappa shape index (κ2) is 3.07. The molecule has 0 spiro atoms.